The third kappa shape index (κ3) is 8.99. The molecule has 8 heteroatoms. The fraction of sp³-hybridized carbons (Fsp3) is 0.556. The quantitative estimate of drug-likeness (QED) is 0.262. The van der Waals surface area contributed by atoms with Crippen molar-refractivity contribution in [3.8, 4) is 11.5 Å². The number of halogens is 3. The predicted octanol–water partition coefficient (Wildman–Crippen LogP) is 6.16. The number of aliphatic hydroxyl groups is 2. The largest absolute Gasteiger partial charge is 0.491 e. The summed E-state index contributed by atoms with van der Waals surface area (Å²) in [7, 11) is 0. The third-order valence-corrected chi connectivity index (χ3v) is 6.80. The van der Waals surface area contributed by atoms with Crippen LogP contribution < -0.4 is 9.47 Å². The van der Waals surface area contributed by atoms with E-state index in [1.54, 1.807) is 0 Å². The van der Waals surface area contributed by atoms with E-state index in [1.165, 1.54) is 0 Å². The number of ether oxygens (including phenoxy) is 2. The lowest BCUT2D eigenvalue weighted by Gasteiger charge is -2.27. The summed E-state index contributed by atoms with van der Waals surface area (Å²) in [4.78, 5) is 2.27. The second-order valence-electron chi connectivity index (χ2n) is 9.30. The molecule has 0 saturated heterocycles. The van der Waals surface area contributed by atoms with E-state index in [-0.39, 0.29) is 24.5 Å². The highest BCUT2D eigenvalue weighted by molar-refractivity contribution is 6.37. The van der Waals surface area contributed by atoms with Crippen LogP contribution >= 0.6 is 34.8 Å². The Kier molecular flexibility index (Phi) is 12.4. The van der Waals surface area contributed by atoms with Gasteiger partial charge in [0.2, 0.25) is 0 Å². The van der Waals surface area contributed by atoms with Gasteiger partial charge in [-0.3, -0.25) is 0 Å². The first-order chi connectivity index (χ1) is 16.6. The first-order valence-corrected chi connectivity index (χ1v) is 13.4. The second kappa shape index (κ2) is 14.5. The average molecular weight is 547 g/mol. The van der Waals surface area contributed by atoms with Crippen molar-refractivity contribution in [1.29, 1.82) is 0 Å². The summed E-state index contributed by atoms with van der Waals surface area (Å²) in [5.74, 6) is 1.10. The molecule has 0 saturated carbocycles. The molecule has 0 aliphatic rings. The molecular formula is C27H38Cl3NO4. The molecular weight excluding hydrogens is 509 g/mol. The van der Waals surface area contributed by atoms with Crippen LogP contribution in [-0.2, 0) is 5.41 Å². The molecule has 0 bridgehead atoms. The summed E-state index contributed by atoms with van der Waals surface area (Å²) >= 11 is 18.5. The van der Waals surface area contributed by atoms with E-state index in [9.17, 15) is 10.2 Å². The molecule has 5 nitrogen and oxygen atoms in total. The molecule has 2 N–H and O–H groups in total. The van der Waals surface area contributed by atoms with Gasteiger partial charge in [0.25, 0.3) is 0 Å². The van der Waals surface area contributed by atoms with Crippen LogP contribution in [0.15, 0.2) is 36.4 Å². The predicted molar refractivity (Wildman–Crippen MR) is 146 cm³/mol. The summed E-state index contributed by atoms with van der Waals surface area (Å²) in [5.41, 5.74) is 1.59. The van der Waals surface area contributed by atoms with Gasteiger partial charge >= 0.3 is 0 Å². The van der Waals surface area contributed by atoms with Crippen LogP contribution in [0.1, 0.15) is 51.7 Å². The Morgan fingerprint density at radius 1 is 0.857 bits per heavy atom. The molecule has 0 aromatic heterocycles. The zero-order valence-corrected chi connectivity index (χ0v) is 23.3. The smallest absolute Gasteiger partial charge is 0.156 e. The van der Waals surface area contributed by atoms with E-state index in [1.807, 2.05) is 36.4 Å². The Morgan fingerprint density at radius 3 is 1.91 bits per heavy atom. The van der Waals surface area contributed by atoms with Gasteiger partial charge in [-0.2, -0.15) is 0 Å². The van der Waals surface area contributed by atoms with Gasteiger partial charge in [0, 0.05) is 12.0 Å². The van der Waals surface area contributed by atoms with Gasteiger partial charge in [0.05, 0.1) is 15.9 Å². The van der Waals surface area contributed by atoms with E-state index >= 15 is 0 Å². The monoisotopic (exact) mass is 545 g/mol. The minimum Gasteiger partial charge on any atom is -0.491 e. The minimum atomic E-state index is -0.798. The summed E-state index contributed by atoms with van der Waals surface area (Å²) in [6, 6.07) is 11.5. The molecule has 0 radical (unpaired) electrons. The number of hydrogen-bond donors (Lipinski definition) is 2. The zero-order chi connectivity index (χ0) is 26.0. The molecule has 0 amide bonds. The number of aliphatic hydroxyl groups excluding tert-OH is 2. The van der Waals surface area contributed by atoms with Crippen LogP contribution in [0.2, 0.25) is 10.0 Å². The van der Waals surface area contributed by atoms with Gasteiger partial charge in [-0.1, -0.05) is 63.0 Å². The maximum absolute atomic E-state index is 10.4. The van der Waals surface area contributed by atoms with E-state index in [0.29, 0.717) is 28.1 Å². The number of nitrogens with zero attached hydrogens (tertiary/aromatic N) is 1. The molecule has 35 heavy (non-hydrogen) atoms. The van der Waals surface area contributed by atoms with E-state index in [4.69, 9.17) is 44.3 Å². The molecule has 0 aliphatic carbocycles. The summed E-state index contributed by atoms with van der Waals surface area (Å²) in [6.07, 6.45) is 0.788. The Morgan fingerprint density at radius 2 is 1.40 bits per heavy atom. The number of alkyl halides is 1. The third-order valence-electron chi connectivity index (χ3n) is 5.89. The molecule has 0 fully saturated rings. The molecule has 0 heterocycles. The highest BCUT2D eigenvalue weighted by Gasteiger charge is 2.26. The van der Waals surface area contributed by atoms with Gasteiger partial charge in [0.15, 0.2) is 5.75 Å². The normalized spacial score (nSPS) is 13.7. The van der Waals surface area contributed by atoms with Crippen LogP contribution in [0.25, 0.3) is 0 Å². The van der Waals surface area contributed by atoms with Crippen molar-refractivity contribution in [1.82, 2.24) is 4.90 Å². The molecule has 2 atom stereocenters. The summed E-state index contributed by atoms with van der Waals surface area (Å²) in [6.45, 7) is 11.3. The number of hydrogen-bond acceptors (Lipinski definition) is 5. The van der Waals surface area contributed by atoms with Crippen LogP contribution in [0.5, 0.6) is 11.5 Å². The first kappa shape index (κ1) is 30.0. The van der Waals surface area contributed by atoms with Crippen molar-refractivity contribution in [2.24, 2.45) is 0 Å². The Hall–Kier alpha value is -1.21. The van der Waals surface area contributed by atoms with E-state index in [2.05, 4.69) is 32.6 Å². The van der Waals surface area contributed by atoms with Crippen molar-refractivity contribution < 1.29 is 19.7 Å². The van der Waals surface area contributed by atoms with E-state index < -0.39 is 12.2 Å². The Bertz CT molecular complexity index is 879. The lowest BCUT2D eigenvalue weighted by molar-refractivity contribution is 0.0681. The fourth-order valence-electron chi connectivity index (χ4n) is 3.89. The van der Waals surface area contributed by atoms with Gasteiger partial charge < -0.3 is 24.6 Å². The lowest BCUT2D eigenvalue weighted by Crippen LogP contribution is -2.36. The SMILES string of the molecule is CCCN(CCC)CC(O)COc1ccc(C(C)(C)c2cc(Cl)c(OCC(O)CCl)c(Cl)c2)cc1. The zero-order valence-electron chi connectivity index (χ0n) is 21.1. The Balaban J connectivity index is 2.05. The van der Waals surface area contributed by atoms with Crippen molar-refractivity contribution in [3.63, 3.8) is 0 Å². The summed E-state index contributed by atoms with van der Waals surface area (Å²) < 4.78 is 11.4. The van der Waals surface area contributed by atoms with E-state index in [0.717, 1.165) is 37.1 Å². The maximum atomic E-state index is 10.4. The molecule has 196 valence electrons. The van der Waals surface area contributed by atoms with Crippen LogP contribution in [0.3, 0.4) is 0 Å². The Labute approximate surface area is 224 Å². The molecule has 2 aromatic carbocycles. The van der Waals surface area contributed by atoms with Crippen LogP contribution in [-0.4, -0.2) is 66.0 Å². The first-order valence-electron chi connectivity index (χ1n) is 12.1. The second-order valence-corrected chi connectivity index (χ2v) is 10.4. The topological polar surface area (TPSA) is 62.2 Å². The van der Waals surface area contributed by atoms with Gasteiger partial charge in [-0.25, -0.2) is 0 Å². The maximum Gasteiger partial charge on any atom is 0.156 e. The fourth-order valence-corrected chi connectivity index (χ4v) is 4.57. The average Bonchev–Trinajstić information content (AvgIpc) is 2.82. The molecule has 2 unspecified atom stereocenters. The molecule has 2 rings (SSSR count). The standard InChI is InChI=1S/C27H38Cl3NO4/c1-5-11-31(12-6-2)16-22(33)18-34-23-9-7-19(8-10-23)27(3,4)20-13-24(29)26(25(30)14-20)35-17-21(32)15-28/h7-10,13-14,21-22,32-33H,5-6,11-12,15-18H2,1-4H3. The van der Waals surface area contributed by atoms with Crippen molar-refractivity contribution in [3.05, 3.63) is 57.6 Å². The minimum absolute atomic E-state index is 0.0110. The van der Waals surface area contributed by atoms with Gasteiger partial charge in [0.1, 0.15) is 31.2 Å². The number of benzene rings is 2. The molecule has 2 aromatic rings. The molecule has 0 spiro atoms. The van der Waals surface area contributed by atoms with Gasteiger partial charge in [-0.05, 0) is 61.3 Å². The van der Waals surface area contributed by atoms with Crippen molar-refractivity contribution >= 4 is 34.8 Å². The van der Waals surface area contributed by atoms with Crippen LogP contribution in [0, 0.1) is 0 Å². The lowest BCUT2D eigenvalue weighted by atomic mass is 9.78. The van der Waals surface area contributed by atoms with Crippen LogP contribution in [0.4, 0.5) is 0 Å². The van der Waals surface area contributed by atoms with Gasteiger partial charge in [-0.15, -0.1) is 11.6 Å². The van der Waals surface area contributed by atoms with Crippen molar-refractivity contribution in [2.75, 3.05) is 38.7 Å². The summed E-state index contributed by atoms with van der Waals surface area (Å²) in [5, 5.41) is 20.8. The highest BCUT2D eigenvalue weighted by Crippen LogP contribution is 2.40. The molecule has 0 aliphatic heterocycles. The highest BCUT2D eigenvalue weighted by atomic mass is 35.5. The number of rotatable bonds is 15. The van der Waals surface area contributed by atoms with Crippen molar-refractivity contribution in [2.45, 2.75) is 58.2 Å².